The van der Waals surface area contributed by atoms with Crippen LogP contribution < -0.4 is 0 Å². The minimum atomic E-state index is -0.420. The molecule has 0 saturated carbocycles. The maximum absolute atomic E-state index is 11.8. The molecule has 18 heavy (non-hydrogen) atoms. The van der Waals surface area contributed by atoms with Crippen molar-refractivity contribution in [3.63, 3.8) is 0 Å². The molecule has 0 aromatic heterocycles. The number of thioether (sulfide) groups is 1. The van der Waals surface area contributed by atoms with Crippen molar-refractivity contribution in [2.45, 2.75) is 0 Å². The first kappa shape index (κ1) is 13.8. The van der Waals surface area contributed by atoms with Gasteiger partial charge in [-0.15, -0.1) is 0 Å². The third-order valence-corrected chi connectivity index (χ3v) is 4.20. The Labute approximate surface area is 123 Å². The molecule has 0 radical (unpaired) electrons. The van der Waals surface area contributed by atoms with E-state index in [4.69, 9.17) is 40.5 Å². The van der Waals surface area contributed by atoms with Crippen LogP contribution in [0.3, 0.4) is 0 Å². The molecule has 1 aromatic rings. The molecule has 1 amide bonds. The van der Waals surface area contributed by atoms with Crippen molar-refractivity contribution in [2.24, 2.45) is 0 Å². The minimum Gasteiger partial charge on any atom is -0.376 e. The van der Waals surface area contributed by atoms with Crippen molar-refractivity contribution in [3.8, 4) is 0 Å². The van der Waals surface area contributed by atoms with Crippen molar-refractivity contribution in [1.82, 2.24) is 4.90 Å². The monoisotopic (exact) mass is 319 g/mol. The number of nitrogens with zero attached hydrogens (tertiary/aromatic N) is 1. The van der Waals surface area contributed by atoms with Gasteiger partial charge in [-0.2, -0.15) is 0 Å². The molecule has 1 heterocycles. The van der Waals surface area contributed by atoms with Crippen LogP contribution in [-0.4, -0.2) is 27.0 Å². The van der Waals surface area contributed by atoms with E-state index in [0.29, 0.717) is 24.8 Å². The fourth-order valence-corrected chi connectivity index (χ4v) is 3.08. The molecule has 1 aromatic carbocycles. The maximum atomic E-state index is 11.8. The predicted octanol–water partition coefficient (Wildman–Crippen LogP) is 3.14. The van der Waals surface area contributed by atoms with Crippen LogP contribution in [-0.2, 0) is 4.79 Å². The largest absolute Gasteiger partial charge is 0.376 e. The lowest BCUT2D eigenvalue weighted by atomic mass is 10.2. The van der Waals surface area contributed by atoms with Crippen LogP contribution in [0.25, 0.3) is 6.08 Å². The highest BCUT2D eigenvalue weighted by molar-refractivity contribution is 8.26. The highest BCUT2D eigenvalue weighted by atomic mass is 35.5. The van der Waals surface area contributed by atoms with Crippen LogP contribution in [0.4, 0.5) is 0 Å². The summed E-state index contributed by atoms with van der Waals surface area (Å²) in [6.07, 6.45) is 1.63. The summed E-state index contributed by atoms with van der Waals surface area (Å²) in [5.41, 5.74) is 0.680. The highest BCUT2D eigenvalue weighted by Gasteiger charge is 2.31. The maximum Gasteiger partial charge on any atom is 0.268 e. The Balaban J connectivity index is 2.35. The molecule has 0 spiro atoms. The molecular weight excluding hydrogens is 313 g/mol. The van der Waals surface area contributed by atoms with E-state index in [0.717, 1.165) is 16.7 Å². The highest BCUT2D eigenvalue weighted by Crippen LogP contribution is 2.33. The number of halogens is 2. The van der Waals surface area contributed by atoms with Crippen LogP contribution in [0.2, 0.25) is 10.0 Å². The Bertz CT molecular complexity index is 560. The first-order chi connectivity index (χ1) is 8.52. The van der Waals surface area contributed by atoms with Gasteiger partial charge in [0.05, 0.1) is 4.91 Å². The van der Waals surface area contributed by atoms with Crippen LogP contribution in [0.1, 0.15) is 5.56 Å². The molecular formula is C11H7Cl2NO2S2. The van der Waals surface area contributed by atoms with Crippen molar-refractivity contribution in [2.75, 3.05) is 6.73 Å². The molecule has 2 rings (SSSR count). The molecule has 7 heteroatoms. The summed E-state index contributed by atoms with van der Waals surface area (Å²) in [5, 5.41) is 10.00. The van der Waals surface area contributed by atoms with E-state index >= 15 is 0 Å². The second kappa shape index (κ2) is 5.59. The third kappa shape index (κ3) is 2.70. The molecule has 1 fully saturated rings. The van der Waals surface area contributed by atoms with Gasteiger partial charge >= 0.3 is 0 Å². The van der Waals surface area contributed by atoms with Gasteiger partial charge in [-0.25, -0.2) is 0 Å². The normalized spacial score (nSPS) is 17.9. The zero-order valence-electron chi connectivity index (χ0n) is 8.89. The predicted molar refractivity (Wildman–Crippen MR) is 78.6 cm³/mol. The number of carbonyl (C=O) groups is 1. The summed E-state index contributed by atoms with van der Waals surface area (Å²) in [7, 11) is 0. The van der Waals surface area contributed by atoms with Crippen molar-refractivity contribution in [3.05, 3.63) is 38.7 Å². The zero-order valence-corrected chi connectivity index (χ0v) is 12.0. The van der Waals surface area contributed by atoms with E-state index in [9.17, 15) is 4.79 Å². The molecule has 1 aliphatic rings. The van der Waals surface area contributed by atoms with Gasteiger partial charge in [0.25, 0.3) is 5.91 Å². The number of hydrogen-bond donors (Lipinski definition) is 1. The van der Waals surface area contributed by atoms with E-state index < -0.39 is 6.73 Å². The number of aliphatic hydroxyl groups excluding tert-OH is 1. The summed E-state index contributed by atoms with van der Waals surface area (Å²) >= 11 is 17.9. The van der Waals surface area contributed by atoms with Gasteiger partial charge in [0, 0.05) is 10.0 Å². The molecule has 0 bridgehead atoms. The van der Waals surface area contributed by atoms with Crippen molar-refractivity contribution >= 4 is 63.5 Å². The van der Waals surface area contributed by atoms with Gasteiger partial charge in [-0.3, -0.25) is 9.69 Å². The lowest BCUT2D eigenvalue weighted by Crippen LogP contribution is -2.28. The lowest BCUT2D eigenvalue weighted by Gasteiger charge is -2.08. The first-order valence-corrected chi connectivity index (χ1v) is 6.82. The van der Waals surface area contributed by atoms with Gasteiger partial charge in [0.1, 0.15) is 11.1 Å². The zero-order chi connectivity index (χ0) is 13.3. The second-order valence-electron chi connectivity index (χ2n) is 3.42. The second-order valence-corrected chi connectivity index (χ2v) is 5.94. The number of benzene rings is 1. The van der Waals surface area contributed by atoms with Crippen molar-refractivity contribution in [1.29, 1.82) is 0 Å². The van der Waals surface area contributed by atoms with Crippen LogP contribution in [0.15, 0.2) is 23.1 Å². The summed E-state index contributed by atoms with van der Waals surface area (Å²) < 4.78 is 0.332. The topological polar surface area (TPSA) is 40.5 Å². The average molecular weight is 320 g/mol. The standard InChI is InChI=1S/C11H7Cl2NO2S2/c12-7-2-1-6(8(13)4-7)3-9-10(16)14(5-15)11(17)18-9/h1-4,15H,5H2/b9-3+. The average Bonchev–Trinajstić information content (AvgIpc) is 2.58. The van der Waals surface area contributed by atoms with Gasteiger partial charge < -0.3 is 5.11 Å². The number of hydrogen-bond acceptors (Lipinski definition) is 4. The third-order valence-electron chi connectivity index (χ3n) is 2.26. The van der Waals surface area contributed by atoms with Crippen LogP contribution >= 0.6 is 47.2 Å². The molecule has 0 unspecified atom stereocenters. The van der Waals surface area contributed by atoms with Crippen LogP contribution in [0, 0.1) is 0 Å². The van der Waals surface area contributed by atoms with E-state index in [1.54, 1.807) is 24.3 Å². The van der Waals surface area contributed by atoms with Crippen LogP contribution in [0.5, 0.6) is 0 Å². The number of carbonyl (C=O) groups excluding carboxylic acids is 1. The number of aliphatic hydroxyl groups is 1. The van der Waals surface area contributed by atoms with Gasteiger partial charge in [-0.1, -0.05) is 53.2 Å². The molecule has 3 nitrogen and oxygen atoms in total. The molecule has 0 atom stereocenters. The van der Waals surface area contributed by atoms with Gasteiger partial charge in [-0.05, 0) is 23.8 Å². The Morgan fingerprint density at radius 1 is 1.44 bits per heavy atom. The van der Waals surface area contributed by atoms with Crippen molar-refractivity contribution < 1.29 is 9.90 Å². The Morgan fingerprint density at radius 2 is 2.17 bits per heavy atom. The minimum absolute atomic E-state index is 0.321. The Morgan fingerprint density at radius 3 is 2.72 bits per heavy atom. The van der Waals surface area contributed by atoms with E-state index in [-0.39, 0.29) is 5.91 Å². The number of amides is 1. The van der Waals surface area contributed by atoms with E-state index in [1.807, 2.05) is 0 Å². The quantitative estimate of drug-likeness (QED) is 0.671. The molecule has 1 saturated heterocycles. The molecule has 94 valence electrons. The number of thiocarbonyl (C=S) groups is 1. The lowest BCUT2D eigenvalue weighted by molar-refractivity contribution is -0.124. The summed E-state index contributed by atoms with van der Waals surface area (Å²) in [4.78, 5) is 13.4. The summed E-state index contributed by atoms with van der Waals surface area (Å²) in [5.74, 6) is -0.321. The fourth-order valence-electron chi connectivity index (χ4n) is 1.38. The van der Waals surface area contributed by atoms with E-state index in [1.165, 1.54) is 0 Å². The summed E-state index contributed by atoms with van der Waals surface area (Å²) in [6, 6.07) is 5.00. The molecule has 1 aliphatic heterocycles. The van der Waals surface area contributed by atoms with Gasteiger partial charge in [0.2, 0.25) is 0 Å². The van der Waals surface area contributed by atoms with Gasteiger partial charge in [0.15, 0.2) is 0 Å². The Hall–Kier alpha value is -0.590. The summed E-state index contributed by atoms with van der Waals surface area (Å²) in [6.45, 7) is -0.420. The Kier molecular flexibility index (Phi) is 4.29. The smallest absolute Gasteiger partial charge is 0.268 e. The molecule has 1 N–H and O–H groups in total. The fraction of sp³-hybridized carbons (Fsp3) is 0.0909. The van der Waals surface area contributed by atoms with E-state index in [2.05, 4.69) is 0 Å². The first-order valence-electron chi connectivity index (χ1n) is 4.84. The SMILES string of the molecule is O=C1/C(=C\c2ccc(Cl)cc2Cl)SC(=S)N1CO. The number of rotatable bonds is 2. The molecule has 0 aliphatic carbocycles.